The SMILES string of the molecule is CC(=O)Oc1ccc(/C=C/COCc2ccc(OC(=O)/C=C/c3ccc(OC(C)=O)c(O)c3)c(C)c2)cc1O. The van der Waals surface area contributed by atoms with E-state index in [4.69, 9.17) is 18.9 Å². The smallest absolute Gasteiger partial charge is 0.336 e. The molecular formula is C30H28O9. The van der Waals surface area contributed by atoms with Crippen molar-refractivity contribution in [3.8, 4) is 28.7 Å². The molecule has 0 radical (unpaired) electrons. The highest BCUT2D eigenvalue weighted by molar-refractivity contribution is 5.89. The van der Waals surface area contributed by atoms with Crippen molar-refractivity contribution in [1.29, 1.82) is 0 Å². The van der Waals surface area contributed by atoms with E-state index in [1.54, 1.807) is 36.4 Å². The van der Waals surface area contributed by atoms with E-state index in [-0.39, 0.29) is 23.0 Å². The van der Waals surface area contributed by atoms with Gasteiger partial charge in [0.2, 0.25) is 0 Å². The average Bonchev–Trinajstić information content (AvgIpc) is 2.86. The molecule has 39 heavy (non-hydrogen) atoms. The van der Waals surface area contributed by atoms with Gasteiger partial charge in [-0.1, -0.05) is 36.4 Å². The zero-order chi connectivity index (χ0) is 28.4. The molecule has 0 saturated carbocycles. The van der Waals surface area contributed by atoms with E-state index in [9.17, 15) is 24.6 Å². The third kappa shape index (κ3) is 9.17. The van der Waals surface area contributed by atoms with E-state index in [0.29, 0.717) is 24.5 Å². The van der Waals surface area contributed by atoms with Crippen LogP contribution in [0.3, 0.4) is 0 Å². The van der Waals surface area contributed by atoms with Crippen LogP contribution < -0.4 is 14.2 Å². The number of rotatable bonds is 10. The van der Waals surface area contributed by atoms with Crippen LogP contribution in [0.4, 0.5) is 0 Å². The van der Waals surface area contributed by atoms with Crippen LogP contribution in [0.5, 0.6) is 28.7 Å². The third-order valence-electron chi connectivity index (χ3n) is 5.13. The van der Waals surface area contributed by atoms with Crippen molar-refractivity contribution in [3.05, 3.63) is 89.0 Å². The van der Waals surface area contributed by atoms with E-state index in [1.165, 1.54) is 50.3 Å². The second kappa shape index (κ2) is 13.6. The number of benzene rings is 3. The second-order valence-corrected chi connectivity index (χ2v) is 8.41. The fourth-order valence-corrected chi connectivity index (χ4v) is 3.41. The number of ether oxygens (including phenoxy) is 4. The largest absolute Gasteiger partial charge is 0.504 e. The van der Waals surface area contributed by atoms with Crippen molar-refractivity contribution in [2.24, 2.45) is 0 Å². The maximum Gasteiger partial charge on any atom is 0.336 e. The standard InChI is InChI=1S/C30H28O9/c1-19-15-24(18-36-14-4-5-22-6-11-28(25(33)16-22)37-20(2)31)8-10-27(19)39-30(35)13-9-23-7-12-29(26(34)17-23)38-21(3)32/h4-13,15-17,33-34H,14,18H2,1-3H3/b5-4+,13-9+. The van der Waals surface area contributed by atoms with Crippen LogP contribution in [-0.4, -0.2) is 34.7 Å². The zero-order valence-corrected chi connectivity index (χ0v) is 21.7. The molecule has 0 atom stereocenters. The summed E-state index contributed by atoms with van der Waals surface area (Å²) in [6.07, 6.45) is 6.26. The summed E-state index contributed by atoms with van der Waals surface area (Å²) in [6.45, 7) is 4.96. The van der Waals surface area contributed by atoms with Crippen LogP contribution in [0.2, 0.25) is 0 Å². The van der Waals surface area contributed by atoms with Gasteiger partial charge in [0.05, 0.1) is 13.2 Å². The van der Waals surface area contributed by atoms with Gasteiger partial charge in [-0.3, -0.25) is 9.59 Å². The lowest BCUT2D eigenvalue weighted by Gasteiger charge is -2.08. The van der Waals surface area contributed by atoms with Gasteiger partial charge in [0.25, 0.3) is 0 Å². The molecule has 0 unspecified atom stereocenters. The zero-order valence-electron chi connectivity index (χ0n) is 21.7. The Bertz CT molecular complexity index is 1420. The minimum atomic E-state index is -0.595. The highest BCUT2D eigenvalue weighted by Gasteiger charge is 2.08. The molecule has 0 spiro atoms. The Kier molecular flexibility index (Phi) is 10.00. The van der Waals surface area contributed by atoms with Gasteiger partial charge in [0.1, 0.15) is 5.75 Å². The number of hydrogen-bond acceptors (Lipinski definition) is 9. The number of aromatic hydroxyl groups is 2. The molecule has 2 N–H and O–H groups in total. The van der Waals surface area contributed by atoms with Gasteiger partial charge in [-0.25, -0.2) is 4.79 Å². The van der Waals surface area contributed by atoms with Crippen molar-refractivity contribution < 1.29 is 43.5 Å². The van der Waals surface area contributed by atoms with Crippen LogP contribution in [0.25, 0.3) is 12.2 Å². The molecule has 0 aliphatic carbocycles. The number of carbonyl (C=O) groups is 3. The number of phenols is 2. The van der Waals surface area contributed by atoms with E-state index in [0.717, 1.165) is 16.7 Å². The molecule has 202 valence electrons. The Labute approximate surface area is 225 Å². The highest BCUT2D eigenvalue weighted by atomic mass is 16.5. The van der Waals surface area contributed by atoms with Crippen molar-refractivity contribution in [1.82, 2.24) is 0 Å². The maximum absolute atomic E-state index is 12.3. The number of esters is 3. The predicted molar refractivity (Wildman–Crippen MR) is 143 cm³/mol. The first-order valence-electron chi connectivity index (χ1n) is 11.9. The summed E-state index contributed by atoms with van der Waals surface area (Å²) in [5.74, 6) is -1.47. The van der Waals surface area contributed by atoms with E-state index in [1.807, 2.05) is 13.0 Å². The van der Waals surface area contributed by atoms with Gasteiger partial charge in [-0.05, 0) is 65.6 Å². The number of hydrogen-bond donors (Lipinski definition) is 2. The van der Waals surface area contributed by atoms with Gasteiger partial charge >= 0.3 is 17.9 Å². The molecule has 0 amide bonds. The molecular weight excluding hydrogens is 504 g/mol. The molecule has 3 aromatic rings. The van der Waals surface area contributed by atoms with Crippen molar-refractivity contribution in [2.75, 3.05) is 6.61 Å². The Morgan fingerprint density at radius 3 is 1.85 bits per heavy atom. The maximum atomic E-state index is 12.3. The fraction of sp³-hybridized carbons (Fsp3) is 0.167. The van der Waals surface area contributed by atoms with E-state index >= 15 is 0 Å². The molecule has 3 rings (SSSR count). The molecule has 0 heterocycles. The summed E-state index contributed by atoms with van der Waals surface area (Å²) in [6, 6.07) is 14.4. The molecule has 0 bridgehead atoms. The van der Waals surface area contributed by atoms with Crippen molar-refractivity contribution >= 4 is 30.1 Å². The monoisotopic (exact) mass is 532 g/mol. The minimum Gasteiger partial charge on any atom is -0.504 e. The van der Waals surface area contributed by atoms with Crippen LogP contribution in [0.1, 0.15) is 36.1 Å². The normalized spacial score (nSPS) is 11.1. The molecule has 0 aliphatic heterocycles. The topological polar surface area (TPSA) is 129 Å². The van der Waals surface area contributed by atoms with Crippen LogP contribution >= 0.6 is 0 Å². The molecule has 9 heteroatoms. The minimum absolute atomic E-state index is 0.0329. The lowest BCUT2D eigenvalue weighted by Crippen LogP contribution is -2.05. The van der Waals surface area contributed by atoms with Crippen LogP contribution in [0.15, 0.2) is 66.7 Å². The van der Waals surface area contributed by atoms with Gasteiger partial charge in [0, 0.05) is 19.9 Å². The summed E-state index contributed by atoms with van der Waals surface area (Å²) in [7, 11) is 0. The number of aryl methyl sites for hydroxylation is 1. The molecule has 0 aliphatic rings. The summed E-state index contributed by atoms with van der Waals surface area (Å²) in [5, 5.41) is 19.8. The Morgan fingerprint density at radius 1 is 0.744 bits per heavy atom. The van der Waals surface area contributed by atoms with E-state index < -0.39 is 17.9 Å². The fourth-order valence-electron chi connectivity index (χ4n) is 3.41. The van der Waals surface area contributed by atoms with Crippen LogP contribution in [-0.2, 0) is 25.7 Å². The quantitative estimate of drug-likeness (QED) is 0.158. The molecule has 3 aromatic carbocycles. The lowest BCUT2D eigenvalue weighted by atomic mass is 10.1. The molecule has 0 aromatic heterocycles. The van der Waals surface area contributed by atoms with Gasteiger partial charge < -0.3 is 29.2 Å². The Balaban J connectivity index is 1.48. The third-order valence-corrected chi connectivity index (χ3v) is 5.13. The predicted octanol–water partition coefficient (Wildman–Crippen LogP) is 5.11. The molecule has 0 fully saturated rings. The van der Waals surface area contributed by atoms with Gasteiger partial charge in [-0.15, -0.1) is 0 Å². The average molecular weight is 533 g/mol. The van der Waals surface area contributed by atoms with Crippen LogP contribution in [0, 0.1) is 6.92 Å². The van der Waals surface area contributed by atoms with Gasteiger partial charge in [-0.2, -0.15) is 0 Å². The number of phenolic OH excluding ortho intramolecular Hbond substituents is 2. The second-order valence-electron chi connectivity index (χ2n) is 8.41. The number of carbonyl (C=O) groups excluding carboxylic acids is 3. The molecule has 0 saturated heterocycles. The summed E-state index contributed by atoms with van der Waals surface area (Å²) in [5.41, 5.74) is 2.89. The van der Waals surface area contributed by atoms with Crippen molar-refractivity contribution in [2.45, 2.75) is 27.4 Å². The Hall–Kier alpha value is -4.89. The first kappa shape index (κ1) is 28.7. The Morgan fingerprint density at radius 2 is 1.31 bits per heavy atom. The highest BCUT2D eigenvalue weighted by Crippen LogP contribution is 2.28. The summed E-state index contributed by atoms with van der Waals surface area (Å²) < 4.78 is 20.8. The summed E-state index contributed by atoms with van der Waals surface area (Å²) in [4.78, 5) is 34.3. The van der Waals surface area contributed by atoms with Gasteiger partial charge in [0.15, 0.2) is 23.0 Å². The lowest BCUT2D eigenvalue weighted by molar-refractivity contribution is -0.132. The molecule has 9 nitrogen and oxygen atoms in total. The first-order chi connectivity index (χ1) is 18.6. The first-order valence-corrected chi connectivity index (χ1v) is 11.9. The summed E-state index contributed by atoms with van der Waals surface area (Å²) >= 11 is 0. The van der Waals surface area contributed by atoms with E-state index in [2.05, 4.69) is 0 Å². The van der Waals surface area contributed by atoms with Crippen molar-refractivity contribution in [3.63, 3.8) is 0 Å².